The first-order valence-electron chi connectivity index (χ1n) is 10.3. The second-order valence-electron chi connectivity index (χ2n) is 7.64. The van der Waals surface area contributed by atoms with Crippen LogP contribution in [0.3, 0.4) is 0 Å². The van der Waals surface area contributed by atoms with Crippen molar-refractivity contribution in [2.45, 2.75) is 32.2 Å². The van der Waals surface area contributed by atoms with E-state index in [1.807, 2.05) is 23.6 Å². The normalized spacial score (nSPS) is 16.7. The van der Waals surface area contributed by atoms with Crippen LogP contribution in [0.15, 0.2) is 41.8 Å². The molecule has 2 heterocycles. The molecule has 1 aliphatic heterocycles. The summed E-state index contributed by atoms with van der Waals surface area (Å²) in [5.74, 6) is 1.80. The van der Waals surface area contributed by atoms with Crippen molar-refractivity contribution in [3.05, 3.63) is 58.7 Å². The van der Waals surface area contributed by atoms with Crippen LogP contribution < -0.4 is 14.8 Å². The Balaban J connectivity index is 1.38. The zero-order valence-electron chi connectivity index (χ0n) is 17.2. The van der Waals surface area contributed by atoms with Crippen molar-refractivity contribution in [1.82, 2.24) is 5.32 Å². The van der Waals surface area contributed by atoms with E-state index in [0.717, 1.165) is 34.6 Å². The van der Waals surface area contributed by atoms with Crippen LogP contribution in [0.2, 0.25) is 0 Å². The lowest BCUT2D eigenvalue weighted by atomic mass is 9.88. The van der Waals surface area contributed by atoms with Crippen LogP contribution in [0.1, 0.15) is 35.7 Å². The van der Waals surface area contributed by atoms with Crippen LogP contribution in [0, 0.1) is 11.7 Å². The summed E-state index contributed by atoms with van der Waals surface area (Å²) in [6, 6.07) is 10.7. The monoisotopic (exact) mass is 427 g/mol. The van der Waals surface area contributed by atoms with E-state index < -0.39 is 0 Å². The summed E-state index contributed by atoms with van der Waals surface area (Å²) in [5.41, 5.74) is 1.73. The van der Waals surface area contributed by atoms with Gasteiger partial charge in [0.05, 0.1) is 13.7 Å². The largest absolute Gasteiger partial charge is 0.496 e. The van der Waals surface area contributed by atoms with E-state index in [1.54, 1.807) is 13.2 Å². The number of carbonyl (C=O) groups is 1. The Bertz CT molecular complexity index is 1030. The maximum Gasteiger partial charge on any atom is 0.165 e. The lowest BCUT2D eigenvalue weighted by molar-refractivity contribution is 0.0980. The van der Waals surface area contributed by atoms with Gasteiger partial charge in [0.2, 0.25) is 0 Å². The van der Waals surface area contributed by atoms with Gasteiger partial charge in [0.25, 0.3) is 0 Å². The van der Waals surface area contributed by atoms with Gasteiger partial charge >= 0.3 is 0 Å². The molecule has 1 aromatic heterocycles. The van der Waals surface area contributed by atoms with Crippen molar-refractivity contribution in [2.75, 3.05) is 20.3 Å². The molecule has 6 heteroatoms. The number of ether oxygens (including phenoxy) is 2. The predicted molar refractivity (Wildman–Crippen MR) is 118 cm³/mol. The van der Waals surface area contributed by atoms with Crippen LogP contribution in [-0.2, 0) is 6.42 Å². The average molecular weight is 428 g/mol. The van der Waals surface area contributed by atoms with Crippen molar-refractivity contribution in [1.29, 1.82) is 0 Å². The summed E-state index contributed by atoms with van der Waals surface area (Å²) in [7, 11) is 1.68. The number of fused-ring (bicyclic) bond motifs is 2. The number of hydrogen-bond donors (Lipinski definition) is 1. The minimum atomic E-state index is -0.313. The van der Waals surface area contributed by atoms with Crippen molar-refractivity contribution in [3.8, 4) is 11.5 Å². The van der Waals surface area contributed by atoms with Gasteiger partial charge < -0.3 is 14.8 Å². The van der Waals surface area contributed by atoms with Gasteiger partial charge in [-0.15, -0.1) is 11.3 Å². The maximum atomic E-state index is 13.6. The highest BCUT2D eigenvalue weighted by molar-refractivity contribution is 7.17. The highest BCUT2D eigenvalue weighted by atomic mass is 32.1. The maximum absolute atomic E-state index is 13.6. The van der Waals surface area contributed by atoms with E-state index in [1.165, 1.54) is 23.5 Å². The molecule has 4 rings (SSSR count). The minimum absolute atomic E-state index is 0.0427. The summed E-state index contributed by atoms with van der Waals surface area (Å²) in [5, 5.41) is 6.09. The summed E-state index contributed by atoms with van der Waals surface area (Å²) in [6.07, 6.45) is 2.21. The van der Waals surface area contributed by atoms with Gasteiger partial charge in [-0.1, -0.05) is 13.0 Å². The van der Waals surface area contributed by atoms with Crippen LogP contribution in [0.5, 0.6) is 11.5 Å². The quantitative estimate of drug-likeness (QED) is 0.500. The highest BCUT2D eigenvalue weighted by Gasteiger charge is 2.28. The molecule has 2 atom stereocenters. The predicted octanol–water partition coefficient (Wildman–Crippen LogP) is 5.24. The molecule has 3 aromatic rings. The molecule has 2 aromatic carbocycles. The zero-order chi connectivity index (χ0) is 21.1. The van der Waals surface area contributed by atoms with Gasteiger partial charge in [0.1, 0.15) is 17.3 Å². The topological polar surface area (TPSA) is 47.6 Å². The Labute approximate surface area is 180 Å². The van der Waals surface area contributed by atoms with E-state index in [9.17, 15) is 9.18 Å². The van der Waals surface area contributed by atoms with Gasteiger partial charge in [-0.3, -0.25) is 4.79 Å². The molecule has 0 saturated carbocycles. The van der Waals surface area contributed by atoms with E-state index in [0.29, 0.717) is 36.4 Å². The summed E-state index contributed by atoms with van der Waals surface area (Å²) in [6.45, 7) is 3.37. The second-order valence-corrected chi connectivity index (χ2v) is 8.56. The van der Waals surface area contributed by atoms with Gasteiger partial charge in [-0.05, 0) is 43.2 Å². The number of benzene rings is 2. The fourth-order valence-corrected chi connectivity index (χ4v) is 5.16. The van der Waals surface area contributed by atoms with Crippen LogP contribution in [-0.4, -0.2) is 32.1 Å². The molecule has 0 bridgehead atoms. The smallest absolute Gasteiger partial charge is 0.165 e. The molecular weight excluding hydrogens is 401 g/mol. The Morgan fingerprint density at radius 3 is 3.03 bits per heavy atom. The van der Waals surface area contributed by atoms with Crippen molar-refractivity contribution in [2.24, 2.45) is 5.92 Å². The van der Waals surface area contributed by atoms with Crippen LogP contribution in [0.4, 0.5) is 4.39 Å². The number of hydrogen-bond acceptors (Lipinski definition) is 5. The molecule has 0 radical (unpaired) electrons. The first-order valence-corrected chi connectivity index (χ1v) is 11.2. The lowest BCUT2D eigenvalue weighted by Gasteiger charge is -2.32. The Hall–Kier alpha value is -2.44. The van der Waals surface area contributed by atoms with Crippen LogP contribution >= 0.6 is 11.3 Å². The van der Waals surface area contributed by atoms with Crippen LogP contribution in [0.25, 0.3) is 10.1 Å². The molecule has 1 N–H and O–H groups in total. The summed E-state index contributed by atoms with van der Waals surface area (Å²) < 4.78 is 26.0. The van der Waals surface area contributed by atoms with E-state index >= 15 is 0 Å². The van der Waals surface area contributed by atoms with E-state index in [2.05, 4.69) is 12.2 Å². The first-order chi connectivity index (χ1) is 14.6. The number of Topliss-reactive ketones (excluding diaryl/α,β-unsaturated/α-hetero) is 1. The third-order valence-corrected chi connectivity index (χ3v) is 6.80. The van der Waals surface area contributed by atoms with Crippen molar-refractivity contribution >= 4 is 27.2 Å². The molecular formula is C24H26FNO3S. The molecule has 0 amide bonds. The van der Waals surface area contributed by atoms with Gasteiger partial charge in [-0.25, -0.2) is 4.39 Å². The Kier molecular flexibility index (Phi) is 6.35. The summed E-state index contributed by atoms with van der Waals surface area (Å²) >= 11 is 1.48. The number of halogens is 1. The van der Waals surface area contributed by atoms with Crippen molar-refractivity contribution in [3.63, 3.8) is 0 Å². The van der Waals surface area contributed by atoms with Crippen molar-refractivity contribution < 1.29 is 18.7 Å². The third kappa shape index (κ3) is 4.20. The minimum Gasteiger partial charge on any atom is -0.496 e. The SMILES string of the molecule is CCC(NCCC(=O)c1csc2ccc(F)cc12)C1COc2cccc(OC)c2C1. The molecule has 2 unspecified atom stereocenters. The zero-order valence-corrected chi connectivity index (χ0v) is 18.1. The third-order valence-electron chi connectivity index (χ3n) is 5.83. The van der Waals surface area contributed by atoms with Gasteiger partial charge in [-0.2, -0.15) is 0 Å². The average Bonchev–Trinajstić information content (AvgIpc) is 3.19. The van der Waals surface area contributed by atoms with Gasteiger partial charge in [0.15, 0.2) is 5.78 Å². The molecule has 0 aliphatic carbocycles. The molecule has 158 valence electrons. The molecule has 30 heavy (non-hydrogen) atoms. The number of carbonyl (C=O) groups excluding carboxylic acids is 1. The first kappa shape index (κ1) is 20.8. The van der Waals surface area contributed by atoms with Gasteiger partial charge in [0, 0.05) is 51.5 Å². The lowest BCUT2D eigenvalue weighted by Crippen LogP contribution is -2.42. The number of ketones is 1. The van der Waals surface area contributed by atoms with E-state index in [-0.39, 0.29) is 17.6 Å². The molecule has 1 aliphatic rings. The molecule has 0 saturated heterocycles. The van der Waals surface area contributed by atoms with E-state index in [4.69, 9.17) is 9.47 Å². The second kappa shape index (κ2) is 9.14. The number of rotatable bonds is 8. The number of nitrogens with one attached hydrogen (secondary N) is 1. The fourth-order valence-electron chi connectivity index (χ4n) is 4.22. The molecule has 0 spiro atoms. The number of thiophene rings is 1. The fraction of sp³-hybridized carbons (Fsp3) is 0.375. The molecule has 0 fully saturated rings. The Morgan fingerprint density at radius 2 is 2.23 bits per heavy atom. The molecule has 4 nitrogen and oxygen atoms in total. The highest BCUT2D eigenvalue weighted by Crippen LogP contribution is 2.35. The number of methoxy groups -OCH3 is 1. The summed E-state index contributed by atoms with van der Waals surface area (Å²) in [4.78, 5) is 12.7. The standard InChI is InChI=1S/C24H26FNO3S/c1-3-20(15-11-18-22(28-2)5-4-6-23(18)29-13-15)26-10-9-21(27)19-14-30-24-8-7-16(25)12-17(19)24/h4-8,12,14-15,20,26H,3,9-11,13H2,1-2H3. The Morgan fingerprint density at radius 1 is 1.37 bits per heavy atom.